The van der Waals surface area contributed by atoms with E-state index in [-0.39, 0.29) is 5.02 Å². The average Bonchev–Trinajstić information content (AvgIpc) is 3.47. The summed E-state index contributed by atoms with van der Waals surface area (Å²) in [7, 11) is 5.60. The summed E-state index contributed by atoms with van der Waals surface area (Å²) in [4.78, 5) is 11.3. The number of aromatic nitrogens is 8. The Kier molecular flexibility index (Phi) is 4.66. The molecule has 1 fully saturated rings. The van der Waals surface area contributed by atoms with Crippen molar-refractivity contribution in [2.75, 3.05) is 18.0 Å². The zero-order chi connectivity index (χ0) is 23.6. The highest BCUT2D eigenvalue weighted by Crippen LogP contribution is 2.40. The van der Waals surface area contributed by atoms with Gasteiger partial charge in [0.25, 0.3) is 0 Å². The molecule has 1 aliphatic rings. The highest BCUT2D eigenvalue weighted by molar-refractivity contribution is 6.30. The van der Waals surface area contributed by atoms with E-state index < -0.39 is 5.82 Å². The van der Waals surface area contributed by atoms with E-state index in [2.05, 4.69) is 31.1 Å². The van der Waals surface area contributed by atoms with Gasteiger partial charge in [-0.15, -0.1) is 0 Å². The summed E-state index contributed by atoms with van der Waals surface area (Å²) < 4.78 is 19.6. The van der Waals surface area contributed by atoms with Crippen LogP contribution in [0.4, 0.5) is 10.2 Å². The Hall–Kier alpha value is -3.79. The highest BCUT2D eigenvalue weighted by atomic mass is 35.5. The van der Waals surface area contributed by atoms with Crippen LogP contribution in [0.25, 0.3) is 33.5 Å². The third-order valence-electron chi connectivity index (χ3n) is 6.32. The monoisotopic (exact) mass is 477 g/mol. The van der Waals surface area contributed by atoms with Gasteiger partial charge in [-0.25, -0.2) is 19.0 Å². The quantitative estimate of drug-likeness (QED) is 0.393. The first kappa shape index (κ1) is 20.8. The summed E-state index contributed by atoms with van der Waals surface area (Å²) in [5.41, 5.74) is 4.67. The Bertz CT molecular complexity index is 1540. The molecule has 0 atom stereocenters. The lowest BCUT2D eigenvalue weighted by atomic mass is 9.96. The van der Waals surface area contributed by atoms with Crippen LogP contribution in [0.15, 0.2) is 43.0 Å². The third kappa shape index (κ3) is 3.17. The lowest BCUT2D eigenvalue weighted by Crippen LogP contribution is -2.45. The van der Waals surface area contributed by atoms with Crippen molar-refractivity contribution >= 4 is 28.5 Å². The molecular weight excluding hydrogens is 457 g/mol. The summed E-state index contributed by atoms with van der Waals surface area (Å²) in [6.07, 6.45) is 5.27. The van der Waals surface area contributed by atoms with Crippen LogP contribution < -0.4 is 4.90 Å². The first-order valence-corrected chi connectivity index (χ1v) is 11.2. The van der Waals surface area contributed by atoms with E-state index in [0.717, 1.165) is 46.9 Å². The molecule has 0 spiro atoms. The molecule has 6 rings (SSSR count). The van der Waals surface area contributed by atoms with E-state index in [4.69, 9.17) is 16.7 Å². The van der Waals surface area contributed by atoms with Crippen molar-refractivity contribution in [2.45, 2.75) is 5.92 Å². The van der Waals surface area contributed by atoms with E-state index in [1.807, 2.05) is 32.0 Å². The second-order valence-electron chi connectivity index (χ2n) is 8.54. The molecule has 5 aromatic rings. The SMILES string of the molecule is Cn1ccc(C2CN(c3ncnc4c3c(-c3cnn(C)c3-c3ccc(Cl)c(F)c3)nn4C)C2)n1. The topological polar surface area (TPSA) is 82.5 Å². The fourth-order valence-electron chi connectivity index (χ4n) is 4.59. The van der Waals surface area contributed by atoms with Gasteiger partial charge < -0.3 is 4.90 Å². The zero-order valence-electron chi connectivity index (χ0n) is 18.8. The van der Waals surface area contributed by atoms with Crippen LogP contribution in [0.1, 0.15) is 11.6 Å². The summed E-state index contributed by atoms with van der Waals surface area (Å²) in [5.74, 6) is 0.678. The van der Waals surface area contributed by atoms with Crippen molar-refractivity contribution in [3.05, 3.63) is 59.5 Å². The van der Waals surface area contributed by atoms with Crippen LogP contribution in [0.2, 0.25) is 5.02 Å². The standard InChI is InChI=1S/C23H21ClFN9/c1-31-7-6-18(29-31)14-10-34(11-14)23-19-20(30-33(3)22(19)26-12-27-23)15-9-28-32(2)21(15)13-4-5-16(24)17(25)8-13/h4-9,12,14H,10-11H2,1-3H3. The summed E-state index contributed by atoms with van der Waals surface area (Å²) in [6, 6.07) is 6.80. The molecule has 34 heavy (non-hydrogen) atoms. The Labute approximate surface area is 199 Å². The Morgan fingerprint density at radius 3 is 2.59 bits per heavy atom. The number of nitrogens with zero attached hydrogens (tertiary/aromatic N) is 9. The smallest absolute Gasteiger partial charge is 0.163 e. The number of fused-ring (bicyclic) bond motifs is 1. The van der Waals surface area contributed by atoms with Gasteiger partial charge in [-0.2, -0.15) is 15.3 Å². The van der Waals surface area contributed by atoms with Crippen molar-refractivity contribution in [2.24, 2.45) is 21.1 Å². The van der Waals surface area contributed by atoms with Crippen molar-refractivity contribution in [1.82, 2.24) is 39.3 Å². The molecular formula is C23H21ClFN9. The van der Waals surface area contributed by atoms with Crippen LogP contribution in [0.3, 0.4) is 0 Å². The summed E-state index contributed by atoms with van der Waals surface area (Å²) in [6.45, 7) is 1.61. The second-order valence-corrected chi connectivity index (χ2v) is 8.95. The molecule has 5 heterocycles. The fourth-order valence-corrected chi connectivity index (χ4v) is 4.70. The molecule has 1 aliphatic heterocycles. The van der Waals surface area contributed by atoms with Gasteiger partial charge >= 0.3 is 0 Å². The van der Waals surface area contributed by atoms with Gasteiger partial charge in [-0.3, -0.25) is 9.36 Å². The lowest BCUT2D eigenvalue weighted by molar-refractivity contribution is 0.504. The lowest BCUT2D eigenvalue weighted by Gasteiger charge is -2.39. The van der Waals surface area contributed by atoms with Gasteiger partial charge in [0.2, 0.25) is 0 Å². The Balaban J connectivity index is 1.46. The van der Waals surface area contributed by atoms with Gasteiger partial charge in [0.15, 0.2) is 5.65 Å². The predicted molar refractivity (Wildman–Crippen MR) is 127 cm³/mol. The number of aryl methyl sites for hydroxylation is 3. The Morgan fingerprint density at radius 2 is 1.85 bits per heavy atom. The van der Waals surface area contributed by atoms with Gasteiger partial charge in [-0.1, -0.05) is 17.7 Å². The molecule has 0 amide bonds. The number of rotatable bonds is 4. The molecule has 11 heteroatoms. The highest BCUT2D eigenvalue weighted by Gasteiger charge is 2.33. The minimum absolute atomic E-state index is 0.0756. The van der Waals surface area contributed by atoms with Crippen LogP contribution in [-0.4, -0.2) is 52.4 Å². The first-order valence-electron chi connectivity index (χ1n) is 10.8. The van der Waals surface area contributed by atoms with E-state index in [1.54, 1.807) is 34.0 Å². The largest absolute Gasteiger partial charge is 0.354 e. The minimum Gasteiger partial charge on any atom is -0.354 e. The van der Waals surface area contributed by atoms with E-state index in [0.29, 0.717) is 17.2 Å². The predicted octanol–water partition coefficient (Wildman–Crippen LogP) is 3.56. The van der Waals surface area contributed by atoms with Gasteiger partial charge in [-0.05, 0) is 18.2 Å². The fraction of sp³-hybridized carbons (Fsp3) is 0.261. The molecule has 4 aromatic heterocycles. The molecule has 0 aliphatic carbocycles. The molecule has 172 valence electrons. The zero-order valence-corrected chi connectivity index (χ0v) is 19.6. The molecule has 0 saturated carbocycles. The number of benzene rings is 1. The third-order valence-corrected chi connectivity index (χ3v) is 6.63. The minimum atomic E-state index is -0.484. The van der Waals surface area contributed by atoms with E-state index in [9.17, 15) is 4.39 Å². The van der Waals surface area contributed by atoms with E-state index >= 15 is 0 Å². The van der Waals surface area contributed by atoms with Crippen LogP contribution in [0.5, 0.6) is 0 Å². The van der Waals surface area contributed by atoms with Crippen LogP contribution in [0, 0.1) is 5.82 Å². The van der Waals surface area contributed by atoms with Crippen molar-refractivity contribution in [3.8, 4) is 22.5 Å². The molecule has 0 N–H and O–H groups in total. The molecule has 0 radical (unpaired) electrons. The maximum absolute atomic E-state index is 14.3. The van der Waals surface area contributed by atoms with Crippen LogP contribution >= 0.6 is 11.6 Å². The Morgan fingerprint density at radius 1 is 1.03 bits per heavy atom. The molecule has 1 saturated heterocycles. The molecule has 9 nitrogen and oxygen atoms in total. The first-order chi connectivity index (χ1) is 16.4. The van der Waals surface area contributed by atoms with Crippen molar-refractivity contribution in [1.29, 1.82) is 0 Å². The average molecular weight is 478 g/mol. The summed E-state index contributed by atoms with van der Waals surface area (Å²) >= 11 is 5.91. The second kappa shape index (κ2) is 7.63. The maximum Gasteiger partial charge on any atom is 0.163 e. The number of anilines is 1. The van der Waals surface area contributed by atoms with Crippen molar-refractivity contribution < 1.29 is 4.39 Å². The number of hydrogen-bond acceptors (Lipinski definition) is 6. The van der Waals surface area contributed by atoms with Gasteiger partial charge in [0.1, 0.15) is 23.7 Å². The molecule has 0 bridgehead atoms. The number of halogens is 2. The van der Waals surface area contributed by atoms with E-state index in [1.165, 1.54) is 6.07 Å². The van der Waals surface area contributed by atoms with Gasteiger partial charge in [0, 0.05) is 57.5 Å². The molecule has 0 unspecified atom stereocenters. The van der Waals surface area contributed by atoms with Crippen LogP contribution in [-0.2, 0) is 21.1 Å². The number of hydrogen-bond donors (Lipinski definition) is 0. The van der Waals surface area contributed by atoms with Gasteiger partial charge in [0.05, 0.1) is 28.0 Å². The summed E-state index contributed by atoms with van der Waals surface area (Å²) in [5, 5.41) is 14.7. The molecule has 1 aromatic carbocycles. The maximum atomic E-state index is 14.3. The normalized spacial score (nSPS) is 14.2. The van der Waals surface area contributed by atoms with Crippen molar-refractivity contribution in [3.63, 3.8) is 0 Å².